The first-order chi connectivity index (χ1) is 16.5. The smallest absolute Gasteiger partial charge is 0.388 e. The van der Waals surface area contributed by atoms with Gasteiger partial charge in [0.05, 0.1) is 17.4 Å². The Bertz CT molecular complexity index is 1060. The summed E-state index contributed by atoms with van der Waals surface area (Å²) in [5.41, 5.74) is 3.32. The third kappa shape index (κ3) is 4.75. The maximum absolute atomic E-state index is 16.6. The molecule has 0 saturated heterocycles. The Balaban J connectivity index is 1.71. The molecule has 2 nitrogen and oxygen atoms in total. The molecule has 1 aromatic heterocycles. The molecule has 2 aromatic rings. The van der Waals surface area contributed by atoms with Crippen LogP contribution < -0.4 is 0 Å². The van der Waals surface area contributed by atoms with Crippen LogP contribution in [0.1, 0.15) is 135 Å². The van der Waals surface area contributed by atoms with Gasteiger partial charge in [-0.2, -0.15) is 13.2 Å². The fourth-order valence-electron chi connectivity index (χ4n) is 6.80. The van der Waals surface area contributed by atoms with Gasteiger partial charge >= 0.3 is 6.18 Å². The largest absolute Gasteiger partial charge is 0.416 e. The number of fused-ring (bicyclic) bond motifs is 1. The molecule has 2 fully saturated rings. The normalized spacial score (nSPS) is 24.0. The molecule has 3 aliphatic rings. The Kier molecular flexibility index (Phi) is 6.48. The lowest BCUT2D eigenvalue weighted by Gasteiger charge is -2.38. The molecule has 1 heterocycles. The van der Waals surface area contributed by atoms with Crippen LogP contribution in [0.5, 0.6) is 0 Å². The van der Waals surface area contributed by atoms with Crippen molar-refractivity contribution in [2.24, 2.45) is 5.41 Å². The van der Waals surface area contributed by atoms with Crippen molar-refractivity contribution in [3.8, 4) is 0 Å². The third-order valence-corrected chi connectivity index (χ3v) is 8.44. The van der Waals surface area contributed by atoms with Crippen LogP contribution >= 0.6 is 0 Å². The van der Waals surface area contributed by atoms with Crippen LogP contribution in [0, 0.1) is 5.41 Å². The molecule has 1 aromatic carbocycles. The van der Waals surface area contributed by atoms with E-state index in [1.54, 1.807) is 0 Å². The van der Waals surface area contributed by atoms with Gasteiger partial charge in [-0.25, -0.2) is 4.39 Å². The lowest BCUT2D eigenvalue weighted by molar-refractivity contribution is -0.137. The third-order valence-electron chi connectivity index (χ3n) is 8.44. The fourth-order valence-corrected chi connectivity index (χ4v) is 6.80. The second-order valence-corrected chi connectivity index (χ2v) is 11.7. The summed E-state index contributed by atoms with van der Waals surface area (Å²) in [6.07, 6.45) is 2.71. The Labute approximate surface area is 205 Å². The predicted octanol–water partition coefficient (Wildman–Crippen LogP) is 8.48. The van der Waals surface area contributed by atoms with Crippen LogP contribution in [0.2, 0.25) is 0 Å². The minimum absolute atomic E-state index is 0.0939. The van der Waals surface area contributed by atoms with Gasteiger partial charge in [0.15, 0.2) is 6.17 Å². The van der Waals surface area contributed by atoms with Crippen molar-refractivity contribution >= 4 is 0 Å². The van der Waals surface area contributed by atoms with Crippen LogP contribution in [0.15, 0.2) is 24.3 Å². The number of hydrogen-bond acceptors (Lipinski definition) is 2. The number of aliphatic hydroxyl groups excluding tert-OH is 1. The van der Waals surface area contributed by atoms with E-state index in [-0.39, 0.29) is 22.8 Å². The van der Waals surface area contributed by atoms with Gasteiger partial charge in [-0.1, -0.05) is 51.7 Å². The van der Waals surface area contributed by atoms with Gasteiger partial charge in [0.1, 0.15) is 0 Å². The first-order valence-corrected chi connectivity index (χ1v) is 13.1. The number of nitrogens with zero attached hydrogens (tertiary/aromatic N) is 1. The second-order valence-electron chi connectivity index (χ2n) is 11.7. The molecule has 3 aliphatic carbocycles. The van der Waals surface area contributed by atoms with Crippen LogP contribution in [-0.4, -0.2) is 10.1 Å². The van der Waals surface area contributed by atoms with E-state index in [0.29, 0.717) is 12.0 Å². The maximum Gasteiger partial charge on any atom is 0.416 e. The standard InChI is InChI=1S/C29H35F4NO/c1-28(2)15-21-24(22(35)16-28)23(17-7-3-4-8-17)25(27(34-21)19-9-5-6-10-19)26(30)18-11-13-20(14-12-18)29(31,32)33/h11-14,17,19,22,26,35H,3-10,15-16H2,1-2H3/t22-,26-/m0/s1. The van der Waals surface area contributed by atoms with Crippen molar-refractivity contribution in [2.45, 2.75) is 108 Å². The summed E-state index contributed by atoms with van der Waals surface area (Å²) in [6.45, 7) is 4.28. The molecule has 5 rings (SSSR count). The molecule has 0 spiro atoms. The first kappa shape index (κ1) is 24.7. The van der Waals surface area contributed by atoms with Gasteiger partial charge in [0.25, 0.3) is 0 Å². The highest BCUT2D eigenvalue weighted by atomic mass is 19.4. The van der Waals surface area contributed by atoms with Crippen molar-refractivity contribution < 1.29 is 22.7 Å². The van der Waals surface area contributed by atoms with Gasteiger partial charge in [-0.3, -0.25) is 4.98 Å². The quantitative estimate of drug-likeness (QED) is 0.437. The molecule has 0 unspecified atom stereocenters. The number of alkyl halides is 4. The molecule has 0 amide bonds. The van der Waals surface area contributed by atoms with E-state index in [1.807, 2.05) is 0 Å². The molecular weight excluding hydrogens is 454 g/mol. The predicted molar refractivity (Wildman–Crippen MR) is 128 cm³/mol. The summed E-state index contributed by atoms with van der Waals surface area (Å²) in [5.74, 6) is 0.316. The van der Waals surface area contributed by atoms with Crippen molar-refractivity contribution in [3.05, 3.63) is 63.5 Å². The Morgan fingerprint density at radius 3 is 2.06 bits per heavy atom. The van der Waals surface area contributed by atoms with E-state index in [0.717, 1.165) is 92.4 Å². The molecule has 0 radical (unpaired) electrons. The number of rotatable bonds is 4. The van der Waals surface area contributed by atoms with Gasteiger partial charge in [0, 0.05) is 22.7 Å². The lowest BCUT2D eigenvalue weighted by Crippen LogP contribution is -2.30. The summed E-state index contributed by atoms with van der Waals surface area (Å²) >= 11 is 0. The van der Waals surface area contributed by atoms with Gasteiger partial charge < -0.3 is 5.11 Å². The second kappa shape index (κ2) is 9.17. The molecule has 6 heteroatoms. The molecule has 2 atom stereocenters. The minimum atomic E-state index is -4.46. The molecule has 0 aliphatic heterocycles. The van der Waals surface area contributed by atoms with E-state index in [9.17, 15) is 18.3 Å². The van der Waals surface area contributed by atoms with Gasteiger partial charge in [-0.15, -0.1) is 0 Å². The average Bonchev–Trinajstić information content (AvgIpc) is 3.50. The fraction of sp³-hybridized carbons (Fsp3) is 0.621. The van der Waals surface area contributed by atoms with Gasteiger partial charge in [0.2, 0.25) is 0 Å². The molecular formula is C29H35F4NO. The van der Waals surface area contributed by atoms with Crippen molar-refractivity contribution in [1.82, 2.24) is 4.98 Å². The monoisotopic (exact) mass is 489 g/mol. The number of benzene rings is 1. The van der Waals surface area contributed by atoms with E-state index in [1.165, 1.54) is 12.1 Å². The average molecular weight is 490 g/mol. The molecule has 2 saturated carbocycles. The topological polar surface area (TPSA) is 33.1 Å². The summed E-state index contributed by atoms with van der Waals surface area (Å²) in [5, 5.41) is 11.3. The lowest BCUT2D eigenvalue weighted by atomic mass is 9.70. The molecule has 35 heavy (non-hydrogen) atoms. The van der Waals surface area contributed by atoms with Gasteiger partial charge in [-0.05, 0) is 73.1 Å². The van der Waals surface area contributed by atoms with E-state index < -0.39 is 24.0 Å². The van der Waals surface area contributed by atoms with Crippen LogP contribution in [0.25, 0.3) is 0 Å². The zero-order valence-corrected chi connectivity index (χ0v) is 20.6. The number of aromatic nitrogens is 1. The van der Waals surface area contributed by atoms with E-state index >= 15 is 4.39 Å². The first-order valence-electron chi connectivity index (χ1n) is 13.1. The number of halogens is 4. The minimum Gasteiger partial charge on any atom is -0.388 e. The Morgan fingerprint density at radius 1 is 0.914 bits per heavy atom. The van der Waals surface area contributed by atoms with Crippen LogP contribution in [-0.2, 0) is 12.6 Å². The van der Waals surface area contributed by atoms with Crippen LogP contribution in [0.4, 0.5) is 17.6 Å². The summed E-state index contributed by atoms with van der Waals surface area (Å²) in [4.78, 5) is 5.10. The highest BCUT2D eigenvalue weighted by Gasteiger charge is 2.41. The zero-order chi connectivity index (χ0) is 25.0. The van der Waals surface area contributed by atoms with Crippen LogP contribution in [0.3, 0.4) is 0 Å². The Morgan fingerprint density at radius 2 is 1.49 bits per heavy atom. The number of hydrogen-bond donors (Lipinski definition) is 1. The summed E-state index contributed by atoms with van der Waals surface area (Å²) in [6, 6.07) is 4.47. The molecule has 0 bridgehead atoms. The Hall–Kier alpha value is -1.95. The molecule has 190 valence electrons. The number of pyridine rings is 1. The maximum atomic E-state index is 16.6. The van der Waals surface area contributed by atoms with Crippen molar-refractivity contribution in [3.63, 3.8) is 0 Å². The highest BCUT2D eigenvalue weighted by Crippen LogP contribution is 2.52. The summed E-state index contributed by atoms with van der Waals surface area (Å²) in [7, 11) is 0. The highest BCUT2D eigenvalue weighted by molar-refractivity contribution is 5.51. The summed E-state index contributed by atoms with van der Waals surface area (Å²) < 4.78 is 56.0. The molecule has 1 N–H and O–H groups in total. The van der Waals surface area contributed by atoms with Crippen molar-refractivity contribution in [2.75, 3.05) is 0 Å². The number of aliphatic hydroxyl groups is 1. The SMILES string of the molecule is CC1(C)Cc2nc(C3CCCC3)c([C@@H](F)c3ccc(C(F)(F)F)cc3)c(C3CCCC3)c2[C@@H](O)C1. The van der Waals surface area contributed by atoms with Crippen molar-refractivity contribution in [1.29, 1.82) is 0 Å². The zero-order valence-electron chi connectivity index (χ0n) is 20.6. The van der Waals surface area contributed by atoms with E-state index in [2.05, 4.69) is 13.8 Å². The van der Waals surface area contributed by atoms with E-state index in [4.69, 9.17) is 4.98 Å².